The smallest absolute Gasteiger partial charge is 0.184 e. The van der Waals surface area contributed by atoms with E-state index in [1.54, 1.807) is 32.1 Å². The van der Waals surface area contributed by atoms with Crippen LogP contribution in [0.15, 0.2) is 44.1 Å². The number of rotatable bonds is 11. The van der Waals surface area contributed by atoms with Gasteiger partial charge < -0.3 is 30.4 Å². The second-order valence-corrected chi connectivity index (χ2v) is 23.4. The molecule has 0 aromatic heterocycles. The van der Waals surface area contributed by atoms with Crippen LogP contribution in [0.4, 0.5) is 0 Å². The number of phenols is 2. The number of aryl methyl sites for hydroxylation is 4. The average molecular weight is 932 g/mol. The van der Waals surface area contributed by atoms with E-state index in [9.17, 15) is 10.2 Å². The van der Waals surface area contributed by atoms with Crippen molar-refractivity contribution >= 4 is 65.7 Å². The standard InChI is InChI=1S/C24H30N2O2.C6H14ClN3OSi.C3H5ClO.C3H9N3Si.Cr.N3.H2S/c1-15-9-17(3)23(27)19(11-15)13-25-21-7-5-6-8-22(21)26-14-20-12-16(2)10-18(4)24(20)28;1-12(2,3)11-6(4-7)5-9-10-8;4-1-3-2-5-3;1-7(2,3)6-5-4;;1-3-2;/h9-14,21-22,27-28H,5-8H2,1-4H3;6H,4-5H2,1-3H3;3H,1-2H2;1-3H3;;;1H2/q;;;;;-1;/t21-,22-;6-;;;;;/m01...../s1/i;4D2,5D2,6D;1D2,2D2,3D;;;;. The van der Waals surface area contributed by atoms with Gasteiger partial charge in [0.05, 0.1) is 48.6 Å². The summed E-state index contributed by atoms with van der Waals surface area (Å²) < 4.78 is 84.4. The Labute approximate surface area is 382 Å². The number of aromatic hydroxyl groups is 2. The van der Waals surface area contributed by atoms with Gasteiger partial charge in [-0.15, -0.1) is 28.0 Å². The SMILES string of the molecule is C[Si](C)(C)N=[N+]=[N-].Cc1cc(C)c(O)c(C=N[C@H]2CCCC[C@@H]2N=Cc2cc(C)cc(C)c2O)c1.S.[2H]C([2H])(Cl)C1([2H])OC1([2H])[2H].[2H]C([2H])(Cl)[C@@]([2H])(O[Si](C)(C)C)C([2H])([2H])N=[N+]=[N-].[Cr].[N-]=[N+]=[N-]. The third-order valence-corrected chi connectivity index (χ3v) is 8.63. The number of hydrogen-bond donors (Lipinski definition) is 2. The van der Waals surface area contributed by atoms with Gasteiger partial charge in [0.15, 0.2) is 8.32 Å². The van der Waals surface area contributed by atoms with Crippen LogP contribution in [0.3, 0.4) is 0 Å². The molecule has 2 aliphatic rings. The zero-order valence-electron chi connectivity index (χ0n) is 43.7. The minimum atomic E-state index is -2.92. The van der Waals surface area contributed by atoms with Crippen molar-refractivity contribution in [1.82, 2.24) is 0 Å². The molecule has 1 heterocycles. The molecule has 0 amide bonds. The van der Waals surface area contributed by atoms with Crippen LogP contribution in [-0.2, 0) is 26.5 Å². The summed E-state index contributed by atoms with van der Waals surface area (Å²) in [6.45, 7) is 13.6. The molecule has 1 aliphatic heterocycles. The van der Waals surface area contributed by atoms with E-state index in [0.717, 1.165) is 59.1 Å². The van der Waals surface area contributed by atoms with Crippen LogP contribution in [0.2, 0.25) is 39.3 Å². The topological polar surface area (TPSA) is 243 Å². The molecule has 4 atom stereocenters. The molecular formula is C36H60Cl2CrN11O4SSi2-. The summed E-state index contributed by atoms with van der Waals surface area (Å²) in [4.78, 5) is 16.0. The normalized spacial score (nSPS) is 23.3. The summed E-state index contributed by atoms with van der Waals surface area (Å²) in [5.41, 5.74) is 35.1. The average Bonchev–Trinajstić information content (AvgIpc) is 3.68. The first-order valence-electron chi connectivity index (χ1n) is 21.9. The number of alkyl halides is 2. The predicted molar refractivity (Wildman–Crippen MR) is 243 cm³/mol. The minimum Gasteiger partial charge on any atom is -0.507 e. The van der Waals surface area contributed by atoms with Crippen LogP contribution in [0.25, 0.3) is 36.9 Å². The van der Waals surface area contributed by atoms with Crippen molar-refractivity contribution in [3.8, 4) is 11.5 Å². The van der Waals surface area contributed by atoms with E-state index in [0.29, 0.717) is 11.5 Å². The molecule has 15 nitrogen and oxygen atoms in total. The number of benzene rings is 2. The van der Waals surface area contributed by atoms with Crippen molar-refractivity contribution in [3.63, 3.8) is 0 Å². The Morgan fingerprint density at radius 3 is 1.60 bits per heavy atom. The van der Waals surface area contributed by atoms with E-state index in [4.69, 9.17) is 73.4 Å². The molecule has 318 valence electrons. The van der Waals surface area contributed by atoms with E-state index >= 15 is 0 Å². The molecule has 2 aromatic carbocycles. The fraction of sp³-hybridized carbons (Fsp3) is 0.611. The summed E-state index contributed by atoms with van der Waals surface area (Å²) in [5.74, 6) is -4.72. The van der Waals surface area contributed by atoms with Gasteiger partial charge >= 0.3 is 0 Å². The molecule has 21 heteroatoms. The summed E-state index contributed by atoms with van der Waals surface area (Å²) in [5, 5.41) is 23.4. The molecular weight excluding hydrogens is 862 g/mol. The Morgan fingerprint density at radius 2 is 1.33 bits per heavy atom. The maximum absolute atomic E-state index is 10.3. The molecule has 0 bridgehead atoms. The zero-order valence-corrected chi connectivity index (χ0v) is 39.5. The summed E-state index contributed by atoms with van der Waals surface area (Å²) >= 11 is 10.4. The first kappa shape index (κ1) is 40.9. The van der Waals surface area contributed by atoms with Crippen LogP contribution in [0.5, 0.6) is 11.5 Å². The van der Waals surface area contributed by atoms with Crippen molar-refractivity contribution < 1.29 is 50.4 Å². The predicted octanol–water partition coefficient (Wildman–Crippen LogP) is 11.7. The van der Waals surface area contributed by atoms with Gasteiger partial charge in [0, 0.05) is 59.9 Å². The van der Waals surface area contributed by atoms with E-state index in [1.807, 2.05) is 71.6 Å². The van der Waals surface area contributed by atoms with E-state index < -0.39 is 53.4 Å². The Morgan fingerprint density at radius 1 is 0.912 bits per heavy atom. The maximum Gasteiger partial charge on any atom is 0.184 e. The molecule has 0 radical (unpaired) electrons. The molecule has 0 spiro atoms. The van der Waals surface area contributed by atoms with Crippen molar-refractivity contribution in [2.24, 2.45) is 19.9 Å². The number of epoxide rings is 1. The monoisotopic (exact) mass is 930 g/mol. The number of azide groups is 2. The summed E-state index contributed by atoms with van der Waals surface area (Å²) in [7, 11) is -3.93. The Bertz CT molecular complexity index is 2060. The molecule has 2 N–H and O–H groups in total. The number of aliphatic imine (C=N–C) groups is 2. The minimum absolute atomic E-state index is 0. The second-order valence-electron chi connectivity index (χ2n) is 14.0. The molecule has 1 saturated heterocycles. The van der Waals surface area contributed by atoms with Crippen molar-refractivity contribution in [2.45, 2.75) is 117 Å². The van der Waals surface area contributed by atoms with Crippen LogP contribution < -0.4 is 0 Å². The van der Waals surface area contributed by atoms with Gasteiger partial charge in [0.25, 0.3) is 0 Å². The molecule has 57 heavy (non-hydrogen) atoms. The number of nitrogens with zero attached hydrogens (tertiary/aromatic N) is 11. The summed E-state index contributed by atoms with van der Waals surface area (Å²) in [6, 6.07) is 8.05. The van der Waals surface area contributed by atoms with Crippen LogP contribution in [-0.4, -0.2) is 88.2 Å². The van der Waals surface area contributed by atoms with Gasteiger partial charge in [-0.3, -0.25) is 14.9 Å². The van der Waals surface area contributed by atoms with E-state index in [2.05, 4.69) is 24.5 Å². The largest absolute Gasteiger partial charge is 0.507 e. The van der Waals surface area contributed by atoms with Gasteiger partial charge in [-0.2, -0.15) is 13.5 Å². The van der Waals surface area contributed by atoms with Crippen LogP contribution in [0.1, 0.15) is 72.8 Å². The first-order valence-corrected chi connectivity index (χ1v) is 24.5. The fourth-order valence-corrected chi connectivity index (χ4v) is 5.81. The van der Waals surface area contributed by atoms with Gasteiger partial charge in [-0.25, -0.2) is 0 Å². The Balaban J connectivity index is -0.000000893. The molecule has 1 saturated carbocycles. The Kier molecular flexibility index (Phi) is 22.3. The zero-order chi connectivity index (χ0) is 51.2. The van der Waals surface area contributed by atoms with Gasteiger partial charge in [-0.05, 0) is 111 Å². The fourth-order valence-electron chi connectivity index (χ4n) is 4.61. The Hall–Kier alpha value is -2.87. The van der Waals surface area contributed by atoms with Crippen LogP contribution >= 0.6 is 36.7 Å². The van der Waals surface area contributed by atoms with Crippen LogP contribution in [0, 0.1) is 27.7 Å². The van der Waals surface area contributed by atoms with E-state index in [-0.39, 0.29) is 42.9 Å². The molecule has 2 fully saturated rings. The molecule has 1 unspecified atom stereocenters. The number of halogens is 2. The maximum atomic E-state index is 10.3. The molecule has 2 aromatic rings. The quantitative estimate of drug-likeness (QED) is 0.0424. The van der Waals surface area contributed by atoms with Crippen molar-refractivity contribution in [1.29, 1.82) is 0 Å². The summed E-state index contributed by atoms with van der Waals surface area (Å²) in [6.07, 6.45) is 2.80. The first-order chi connectivity index (χ1) is 29.3. The number of ether oxygens (including phenoxy) is 1. The van der Waals surface area contributed by atoms with Crippen molar-refractivity contribution in [2.75, 3.05) is 24.7 Å². The van der Waals surface area contributed by atoms with Crippen molar-refractivity contribution in [3.05, 3.63) is 94.5 Å². The van der Waals surface area contributed by atoms with E-state index in [1.165, 1.54) is 4.91 Å². The number of hydrogen-bond acceptors (Lipinski definition) is 8. The third kappa shape index (κ3) is 28.2. The second kappa shape index (κ2) is 31.1. The van der Waals surface area contributed by atoms with Gasteiger partial charge in [-0.1, -0.05) is 49.7 Å². The van der Waals surface area contributed by atoms with Gasteiger partial charge in [0.2, 0.25) is 0 Å². The number of phenolic OH excluding ortho intramolecular Hbond substituents is 2. The molecule has 1 aliphatic carbocycles. The third-order valence-electron chi connectivity index (χ3n) is 6.78. The van der Waals surface area contributed by atoms with Gasteiger partial charge in [0.1, 0.15) is 19.7 Å². The molecule has 4 rings (SSSR count).